The summed E-state index contributed by atoms with van der Waals surface area (Å²) in [4.78, 5) is 16.1. The molecule has 3 aromatic rings. The number of hydrogen-bond donors (Lipinski definition) is 0. The van der Waals surface area contributed by atoms with Crippen LogP contribution in [0.4, 0.5) is 5.95 Å². The molecule has 10 heteroatoms. The number of benzene rings is 1. The number of carbonyl (C=O) groups is 1. The lowest BCUT2D eigenvalue weighted by atomic mass is 10.1. The molecule has 4 rings (SSSR count). The second-order valence-electron chi connectivity index (χ2n) is 8.95. The fraction of sp³-hybridized carbons (Fsp3) is 0.500. The lowest BCUT2D eigenvalue weighted by molar-refractivity contribution is -0.128. The average molecular weight is 486 g/mol. The van der Waals surface area contributed by atoms with Gasteiger partial charge in [0, 0.05) is 51.4 Å². The van der Waals surface area contributed by atoms with E-state index in [2.05, 4.69) is 42.6 Å². The highest BCUT2D eigenvalue weighted by atomic mass is 35.5. The van der Waals surface area contributed by atoms with Gasteiger partial charge in [0.2, 0.25) is 11.9 Å². The van der Waals surface area contributed by atoms with E-state index < -0.39 is 0 Å². The van der Waals surface area contributed by atoms with Crippen LogP contribution in [0.2, 0.25) is 5.02 Å². The fourth-order valence-corrected chi connectivity index (χ4v) is 4.54. The minimum atomic E-state index is 0.104. The van der Waals surface area contributed by atoms with E-state index in [0.29, 0.717) is 36.0 Å². The first-order valence-electron chi connectivity index (χ1n) is 11.6. The van der Waals surface area contributed by atoms with Gasteiger partial charge in [-0.3, -0.25) is 14.0 Å². The van der Waals surface area contributed by atoms with E-state index in [0.717, 1.165) is 43.0 Å². The molecule has 34 heavy (non-hydrogen) atoms. The minimum Gasteiger partial charge on any atom is -0.496 e. The second kappa shape index (κ2) is 10.5. The topological polar surface area (TPSA) is 81.3 Å². The van der Waals surface area contributed by atoms with Crippen LogP contribution in [0.25, 0.3) is 11.4 Å². The van der Waals surface area contributed by atoms with Crippen LogP contribution >= 0.6 is 11.6 Å². The van der Waals surface area contributed by atoms with Crippen LogP contribution < -0.4 is 9.64 Å². The Morgan fingerprint density at radius 1 is 1.29 bits per heavy atom. The number of ether oxygens (including phenoxy) is 1. The summed E-state index contributed by atoms with van der Waals surface area (Å²) in [6.45, 7) is 4.36. The highest BCUT2D eigenvalue weighted by Gasteiger charge is 2.27. The molecule has 0 saturated carbocycles. The molecule has 0 spiro atoms. The molecule has 1 fully saturated rings. The Morgan fingerprint density at radius 2 is 2.12 bits per heavy atom. The van der Waals surface area contributed by atoms with Gasteiger partial charge >= 0.3 is 0 Å². The van der Waals surface area contributed by atoms with E-state index in [9.17, 15) is 4.79 Å². The maximum Gasteiger partial charge on any atom is 0.227 e. The van der Waals surface area contributed by atoms with Gasteiger partial charge in [0.15, 0.2) is 5.82 Å². The van der Waals surface area contributed by atoms with Crippen molar-refractivity contribution < 1.29 is 9.53 Å². The monoisotopic (exact) mass is 485 g/mol. The van der Waals surface area contributed by atoms with Crippen molar-refractivity contribution in [2.45, 2.75) is 45.2 Å². The van der Waals surface area contributed by atoms with Gasteiger partial charge in [-0.1, -0.05) is 11.6 Å². The summed E-state index contributed by atoms with van der Waals surface area (Å²) in [5.41, 5.74) is 1.98. The number of aromatic nitrogens is 5. The standard InChI is InChI=1S/C24H32ClN7O2/c1-17-14-26-32(15-17)19-7-5-11-30(16-19)24-28-27-23(20-10-9-18(25)13-21(20)34-4)31(24)12-6-8-22(33)29(2)3/h9-10,13-15,19H,5-8,11-12,16H2,1-4H3. The molecule has 182 valence electrons. The number of hydrogen-bond acceptors (Lipinski definition) is 6. The molecule has 1 aromatic carbocycles. The van der Waals surface area contributed by atoms with Crippen LogP contribution in [-0.2, 0) is 11.3 Å². The Bertz CT molecular complexity index is 1140. The van der Waals surface area contributed by atoms with Crippen molar-refractivity contribution in [3.05, 3.63) is 41.2 Å². The molecule has 0 N–H and O–H groups in total. The van der Waals surface area contributed by atoms with Gasteiger partial charge < -0.3 is 14.5 Å². The Labute approximate surface area is 205 Å². The van der Waals surface area contributed by atoms with Crippen LogP contribution in [0.1, 0.15) is 37.3 Å². The van der Waals surface area contributed by atoms with Gasteiger partial charge in [0.1, 0.15) is 5.75 Å². The third-order valence-electron chi connectivity index (χ3n) is 6.19. The number of halogens is 1. The molecule has 1 unspecified atom stereocenters. The number of aryl methyl sites for hydroxylation is 1. The number of piperidine rings is 1. The summed E-state index contributed by atoms with van der Waals surface area (Å²) in [6.07, 6.45) is 7.23. The molecule has 9 nitrogen and oxygen atoms in total. The normalized spacial score (nSPS) is 16.0. The summed E-state index contributed by atoms with van der Waals surface area (Å²) in [6, 6.07) is 5.78. The van der Waals surface area contributed by atoms with Crippen LogP contribution in [0.5, 0.6) is 5.75 Å². The summed E-state index contributed by atoms with van der Waals surface area (Å²) in [5, 5.41) is 14.3. The highest BCUT2D eigenvalue weighted by Crippen LogP contribution is 2.34. The molecule has 0 aliphatic carbocycles. The SMILES string of the molecule is COc1cc(Cl)ccc1-c1nnc(N2CCCC(n3cc(C)cn3)C2)n1CCCC(=O)N(C)C. The van der Waals surface area contributed by atoms with Gasteiger partial charge in [-0.25, -0.2) is 0 Å². The van der Waals surface area contributed by atoms with E-state index in [1.54, 1.807) is 32.2 Å². The predicted octanol–water partition coefficient (Wildman–Crippen LogP) is 3.82. The number of methoxy groups -OCH3 is 1. The van der Waals surface area contributed by atoms with E-state index in [1.165, 1.54) is 0 Å². The number of nitrogens with zero attached hydrogens (tertiary/aromatic N) is 7. The first kappa shape index (κ1) is 24.1. The van der Waals surface area contributed by atoms with E-state index in [1.807, 2.05) is 18.3 Å². The van der Waals surface area contributed by atoms with Gasteiger partial charge in [-0.2, -0.15) is 5.10 Å². The number of amides is 1. The summed E-state index contributed by atoms with van der Waals surface area (Å²) in [5.74, 6) is 2.25. The van der Waals surface area contributed by atoms with E-state index in [-0.39, 0.29) is 11.9 Å². The summed E-state index contributed by atoms with van der Waals surface area (Å²) < 4.78 is 9.75. The fourth-order valence-electron chi connectivity index (χ4n) is 4.38. The van der Waals surface area contributed by atoms with Gasteiger partial charge in [-0.15, -0.1) is 10.2 Å². The third kappa shape index (κ3) is 5.19. The average Bonchev–Trinajstić information content (AvgIpc) is 3.45. The van der Waals surface area contributed by atoms with Crippen molar-refractivity contribution in [1.29, 1.82) is 0 Å². The van der Waals surface area contributed by atoms with Crippen molar-refractivity contribution in [2.75, 3.05) is 39.2 Å². The second-order valence-corrected chi connectivity index (χ2v) is 9.39. The molecular formula is C24H32ClN7O2. The third-order valence-corrected chi connectivity index (χ3v) is 6.43. The molecule has 2 aromatic heterocycles. The summed E-state index contributed by atoms with van der Waals surface area (Å²) in [7, 11) is 5.18. The minimum absolute atomic E-state index is 0.104. The quantitative estimate of drug-likeness (QED) is 0.482. The Hall–Kier alpha value is -3.07. The lowest BCUT2D eigenvalue weighted by Gasteiger charge is -2.33. The zero-order valence-corrected chi connectivity index (χ0v) is 21.0. The van der Waals surface area contributed by atoms with Crippen LogP contribution in [0, 0.1) is 6.92 Å². The highest BCUT2D eigenvalue weighted by molar-refractivity contribution is 6.30. The van der Waals surface area contributed by atoms with Crippen LogP contribution in [0.15, 0.2) is 30.6 Å². The lowest BCUT2D eigenvalue weighted by Crippen LogP contribution is -2.38. The molecule has 3 heterocycles. The molecule has 1 atom stereocenters. The molecule has 1 saturated heterocycles. The largest absolute Gasteiger partial charge is 0.496 e. The van der Waals surface area contributed by atoms with E-state index >= 15 is 0 Å². The predicted molar refractivity (Wildman–Crippen MR) is 132 cm³/mol. The maximum atomic E-state index is 12.2. The Balaban J connectivity index is 1.65. The molecular weight excluding hydrogens is 454 g/mol. The van der Waals surface area contributed by atoms with Gasteiger partial charge in [-0.05, 0) is 49.9 Å². The van der Waals surface area contributed by atoms with Gasteiger partial charge in [0.05, 0.1) is 24.9 Å². The van der Waals surface area contributed by atoms with Crippen molar-refractivity contribution in [3.8, 4) is 17.1 Å². The number of anilines is 1. The maximum absolute atomic E-state index is 12.2. The summed E-state index contributed by atoms with van der Waals surface area (Å²) >= 11 is 6.19. The van der Waals surface area contributed by atoms with E-state index in [4.69, 9.17) is 16.3 Å². The smallest absolute Gasteiger partial charge is 0.227 e. The molecule has 0 bridgehead atoms. The van der Waals surface area contributed by atoms with Crippen molar-refractivity contribution in [2.24, 2.45) is 0 Å². The Kier molecular flexibility index (Phi) is 7.41. The molecule has 1 aliphatic rings. The molecule has 1 amide bonds. The zero-order chi connectivity index (χ0) is 24.2. The van der Waals surface area contributed by atoms with Crippen molar-refractivity contribution >= 4 is 23.5 Å². The molecule has 1 aliphatic heterocycles. The molecule has 0 radical (unpaired) electrons. The van der Waals surface area contributed by atoms with Crippen molar-refractivity contribution in [1.82, 2.24) is 29.4 Å². The number of rotatable bonds is 8. The number of carbonyl (C=O) groups excluding carboxylic acids is 1. The van der Waals surface area contributed by atoms with Gasteiger partial charge in [0.25, 0.3) is 0 Å². The first-order chi connectivity index (χ1) is 16.4. The van der Waals surface area contributed by atoms with Crippen molar-refractivity contribution in [3.63, 3.8) is 0 Å². The first-order valence-corrected chi connectivity index (χ1v) is 12.0. The van der Waals surface area contributed by atoms with Crippen LogP contribution in [-0.4, -0.2) is 69.6 Å². The zero-order valence-electron chi connectivity index (χ0n) is 20.2. The van der Waals surface area contributed by atoms with Crippen LogP contribution in [0.3, 0.4) is 0 Å². The Morgan fingerprint density at radius 3 is 2.82 bits per heavy atom.